The van der Waals surface area contributed by atoms with Crippen molar-refractivity contribution in [3.63, 3.8) is 0 Å². The van der Waals surface area contributed by atoms with E-state index in [0.717, 1.165) is 32.5 Å². The summed E-state index contributed by atoms with van der Waals surface area (Å²) in [6.07, 6.45) is 3.55. The van der Waals surface area contributed by atoms with Crippen LogP contribution in [0.2, 0.25) is 0 Å². The van der Waals surface area contributed by atoms with Crippen LogP contribution in [0.15, 0.2) is 0 Å². The van der Waals surface area contributed by atoms with Gasteiger partial charge in [0.25, 0.3) is 0 Å². The fraction of sp³-hybridized carbons (Fsp3) is 0.900. The highest BCUT2D eigenvalue weighted by Gasteiger charge is 1.85. The monoisotopic (exact) mass is 187 g/mol. The van der Waals surface area contributed by atoms with E-state index in [1.807, 2.05) is 13.0 Å². The van der Waals surface area contributed by atoms with Gasteiger partial charge in [-0.25, -0.2) is 0 Å². The lowest BCUT2D eigenvalue weighted by atomic mass is 10.3. The van der Waals surface area contributed by atoms with E-state index in [2.05, 4.69) is 6.92 Å². The van der Waals surface area contributed by atoms with Gasteiger partial charge >= 0.3 is 0 Å². The second-order valence-electron chi connectivity index (χ2n) is 2.55. The number of unbranched alkanes of at least 4 members (excludes halogenated alkanes) is 1. The first kappa shape index (κ1) is 14.9. The van der Waals surface area contributed by atoms with E-state index in [0.29, 0.717) is 6.42 Å². The maximum Gasteiger partial charge on any atom is 0.0618 e. The van der Waals surface area contributed by atoms with Crippen molar-refractivity contribution in [1.29, 1.82) is 5.26 Å². The summed E-state index contributed by atoms with van der Waals surface area (Å²) in [5, 5.41) is 16.0. The normalized spacial score (nSPS) is 8.46. The van der Waals surface area contributed by atoms with Gasteiger partial charge in [-0.15, -0.1) is 0 Å². The fourth-order valence-electron chi connectivity index (χ4n) is 0.562. The zero-order valence-corrected chi connectivity index (χ0v) is 8.75. The Morgan fingerprint density at radius 2 is 1.85 bits per heavy atom. The number of hydrogen-bond acceptors (Lipinski definition) is 3. The molecule has 1 N–H and O–H groups in total. The maximum atomic E-state index is 8.37. The molecule has 0 fully saturated rings. The van der Waals surface area contributed by atoms with Gasteiger partial charge in [0.1, 0.15) is 0 Å². The third-order valence-electron chi connectivity index (χ3n) is 1.20. The minimum absolute atomic E-state index is 0.287. The molecule has 0 aromatic rings. The van der Waals surface area contributed by atoms with Crippen LogP contribution >= 0.6 is 0 Å². The SMILES string of the molecule is CCC#N.CCCOCCCCO. The standard InChI is InChI=1S/C7H16O2.C3H5N/c1-2-6-9-7-4-3-5-8;1-2-3-4/h8H,2-7H2,1H3;2H2,1H3. The molecule has 0 heterocycles. The Balaban J connectivity index is 0. The molecule has 0 saturated carbocycles. The molecule has 0 saturated heterocycles. The number of aliphatic hydroxyl groups excluding tert-OH is 1. The molecule has 0 atom stereocenters. The molecule has 0 aliphatic heterocycles. The van der Waals surface area contributed by atoms with Gasteiger partial charge in [-0.3, -0.25) is 0 Å². The molecule has 0 radical (unpaired) electrons. The topological polar surface area (TPSA) is 53.2 Å². The van der Waals surface area contributed by atoms with Gasteiger partial charge in [0, 0.05) is 26.2 Å². The molecule has 3 nitrogen and oxygen atoms in total. The molecule has 0 unspecified atom stereocenters. The van der Waals surface area contributed by atoms with E-state index in [1.54, 1.807) is 0 Å². The number of aliphatic hydroxyl groups is 1. The largest absolute Gasteiger partial charge is 0.396 e. The Labute approximate surface area is 81.3 Å². The maximum absolute atomic E-state index is 8.37. The molecular formula is C10H21NO2. The van der Waals surface area contributed by atoms with Crippen LogP contribution in [0.4, 0.5) is 0 Å². The lowest BCUT2D eigenvalue weighted by molar-refractivity contribution is 0.126. The molecule has 0 amide bonds. The molecule has 0 aromatic heterocycles. The predicted molar refractivity (Wildman–Crippen MR) is 53.3 cm³/mol. The minimum Gasteiger partial charge on any atom is -0.396 e. The van der Waals surface area contributed by atoms with E-state index >= 15 is 0 Å². The van der Waals surface area contributed by atoms with E-state index in [-0.39, 0.29) is 6.61 Å². The Morgan fingerprint density at radius 3 is 2.23 bits per heavy atom. The van der Waals surface area contributed by atoms with Crippen LogP contribution in [-0.2, 0) is 4.74 Å². The van der Waals surface area contributed by atoms with Crippen molar-refractivity contribution in [2.75, 3.05) is 19.8 Å². The van der Waals surface area contributed by atoms with Crippen molar-refractivity contribution in [3.8, 4) is 6.07 Å². The van der Waals surface area contributed by atoms with Crippen molar-refractivity contribution >= 4 is 0 Å². The summed E-state index contributed by atoms with van der Waals surface area (Å²) >= 11 is 0. The second kappa shape index (κ2) is 17.5. The average molecular weight is 187 g/mol. The van der Waals surface area contributed by atoms with E-state index < -0.39 is 0 Å². The lowest BCUT2D eigenvalue weighted by Crippen LogP contribution is -1.96. The number of nitrogens with zero attached hydrogens (tertiary/aromatic N) is 1. The number of hydrogen-bond donors (Lipinski definition) is 1. The Kier molecular flexibility index (Phi) is 20.0. The van der Waals surface area contributed by atoms with Gasteiger partial charge in [-0.2, -0.15) is 5.26 Å². The molecule has 0 rings (SSSR count). The third kappa shape index (κ3) is 24.6. The van der Waals surface area contributed by atoms with Gasteiger partial charge in [0.15, 0.2) is 0 Å². The Hall–Kier alpha value is -0.590. The van der Waals surface area contributed by atoms with Gasteiger partial charge < -0.3 is 9.84 Å². The Bertz CT molecular complexity index is 104. The van der Waals surface area contributed by atoms with Gasteiger partial charge in [-0.05, 0) is 19.3 Å². The van der Waals surface area contributed by atoms with Crippen LogP contribution in [0, 0.1) is 11.3 Å². The van der Waals surface area contributed by atoms with Crippen LogP contribution in [0.1, 0.15) is 39.5 Å². The first-order valence-corrected chi connectivity index (χ1v) is 4.88. The van der Waals surface area contributed by atoms with Crippen LogP contribution in [0.25, 0.3) is 0 Å². The van der Waals surface area contributed by atoms with Crippen molar-refractivity contribution in [3.05, 3.63) is 0 Å². The highest BCUT2D eigenvalue weighted by molar-refractivity contribution is 4.61. The number of ether oxygens (including phenoxy) is 1. The smallest absolute Gasteiger partial charge is 0.0618 e. The highest BCUT2D eigenvalue weighted by Crippen LogP contribution is 1.88. The number of nitriles is 1. The summed E-state index contributed by atoms with van der Waals surface area (Å²) < 4.78 is 5.17. The van der Waals surface area contributed by atoms with E-state index in [4.69, 9.17) is 15.1 Å². The van der Waals surface area contributed by atoms with Gasteiger partial charge in [0.05, 0.1) is 6.07 Å². The Morgan fingerprint density at radius 1 is 1.23 bits per heavy atom. The fourth-order valence-corrected chi connectivity index (χ4v) is 0.562. The van der Waals surface area contributed by atoms with Gasteiger partial charge in [0.2, 0.25) is 0 Å². The number of rotatable bonds is 6. The van der Waals surface area contributed by atoms with E-state index in [9.17, 15) is 0 Å². The van der Waals surface area contributed by atoms with Crippen LogP contribution < -0.4 is 0 Å². The molecular weight excluding hydrogens is 166 g/mol. The zero-order chi connectivity index (χ0) is 10.4. The molecule has 78 valence electrons. The first-order chi connectivity index (χ1) is 6.33. The molecule has 13 heavy (non-hydrogen) atoms. The van der Waals surface area contributed by atoms with Crippen molar-refractivity contribution in [2.45, 2.75) is 39.5 Å². The quantitative estimate of drug-likeness (QED) is 0.648. The lowest BCUT2D eigenvalue weighted by Gasteiger charge is -1.99. The molecule has 0 bridgehead atoms. The van der Waals surface area contributed by atoms with Crippen LogP contribution in [0.5, 0.6) is 0 Å². The van der Waals surface area contributed by atoms with Crippen molar-refractivity contribution in [2.24, 2.45) is 0 Å². The van der Waals surface area contributed by atoms with E-state index in [1.165, 1.54) is 0 Å². The summed E-state index contributed by atoms with van der Waals surface area (Å²) in [5.41, 5.74) is 0. The molecule has 0 spiro atoms. The molecule has 3 heteroatoms. The zero-order valence-electron chi connectivity index (χ0n) is 8.75. The van der Waals surface area contributed by atoms with Crippen LogP contribution in [0.3, 0.4) is 0 Å². The summed E-state index contributed by atoms with van der Waals surface area (Å²) in [6, 6.07) is 1.93. The van der Waals surface area contributed by atoms with Crippen molar-refractivity contribution in [1.82, 2.24) is 0 Å². The molecule has 0 aromatic carbocycles. The third-order valence-corrected chi connectivity index (χ3v) is 1.20. The van der Waals surface area contributed by atoms with Crippen LogP contribution in [-0.4, -0.2) is 24.9 Å². The van der Waals surface area contributed by atoms with Crippen molar-refractivity contribution < 1.29 is 9.84 Å². The molecule has 0 aliphatic rings. The predicted octanol–water partition coefficient (Wildman–Crippen LogP) is 2.11. The minimum atomic E-state index is 0.287. The molecule has 0 aliphatic carbocycles. The summed E-state index contributed by atoms with van der Waals surface area (Å²) in [7, 11) is 0. The average Bonchev–Trinajstić information content (AvgIpc) is 2.18. The second-order valence-corrected chi connectivity index (χ2v) is 2.55. The van der Waals surface area contributed by atoms with Gasteiger partial charge in [-0.1, -0.05) is 13.8 Å². The highest BCUT2D eigenvalue weighted by atomic mass is 16.5. The summed E-state index contributed by atoms with van der Waals surface area (Å²) in [4.78, 5) is 0. The summed E-state index contributed by atoms with van der Waals surface area (Å²) in [5.74, 6) is 0. The first-order valence-electron chi connectivity index (χ1n) is 4.88. The summed E-state index contributed by atoms with van der Waals surface area (Å²) in [6.45, 7) is 5.85.